The smallest absolute Gasteiger partial charge is 0.187 e. The van der Waals surface area contributed by atoms with E-state index >= 15 is 0 Å². The van der Waals surface area contributed by atoms with Gasteiger partial charge in [0.15, 0.2) is 9.84 Å². The summed E-state index contributed by atoms with van der Waals surface area (Å²) in [5.41, 5.74) is 0.569. The summed E-state index contributed by atoms with van der Waals surface area (Å²) in [6.07, 6.45) is 0. The van der Waals surface area contributed by atoms with Crippen molar-refractivity contribution in [2.75, 3.05) is 0 Å². The molecule has 0 N–H and O–H groups in total. The van der Waals surface area contributed by atoms with Crippen LogP contribution in [0.5, 0.6) is 0 Å². The third-order valence-corrected chi connectivity index (χ3v) is 6.44. The van der Waals surface area contributed by atoms with Crippen molar-refractivity contribution in [3.8, 4) is 0 Å². The van der Waals surface area contributed by atoms with E-state index in [-0.39, 0.29) is 9.92 Å². The zero-order chi connectivity index (χ0) is 14.2. The molecule has 4 nitrogen and oxygen atoms in total. The van der Waals surface area contributed by atoms with Gasteiger partial charge in [-0.25, -0.2) is 12.8 Å². The minimum absolute atomic E-state index is 0.0872. The highest BCUT2D eigenvalue weighted by Gasteiger charge is 2.30. The Labute approximate surface area is 119 Å². The normalized spacial score (nSPS) is 13.5. The predicted octanol–water partition coefficient (Wildman–Crippen LogP) is 3.17. The van der Waals surface area contributed by atoms with Crippen LogP contribution in [0.1, 0.15) is 22.7 Å². The molecule has 0 radical (unpaired) electrons. The van der Waals surface area contributed by atoms with E-state index in [2.05, 4.69) is 9.59 Å². The Morgan fingerprint density at radius 3 is 2.63 bits per heavy atom. The van der Waals surface area contributed by atoms with Gasteiger partial charge in [-0.15, -0.1) is 5.10 Å². The number of halogens is 2. The van der Waals surface area contributed by atoms with Crippen molar-refractivity contribution in [2.24, 2.45) is 0 Å². The number of aromatic nitrogens is 2. The van der Waals surface area contributed by atoms with E-state index < -0.39 is 20.9 Å². The number of benzene rings is 1. The summed E-state index contributed by atoms with van der Waals surface area (Å²) in [6, 6.07) is 3.23. The lowest BCUT2D eigenvalue weighted by Crippen LogP contribution is -2.11. The minimum Gasteiger partial charge on any atom is -0.223 e. The molecule has 0 spiro atoms. The Morgan fingerprint density at radius 2 is 2.11 bits per heavy atom. The number of hydrogen-bond donors (Lipinski definition) is 0. The maximum absolute atomic E-state index is 13.0. The highest BCUT2D eigenvalue weighted by atomic mass is 35.5. The third-order valence-electron chi connectivity index (χ3n) is 2.72. The third kappa shape index (κ3) is 2.63. The Balaban J connectivity index is 2.51. The van der Waals surface area contributed by atoms with E-state index in [1.807, 2.05) is 0 Å². The lowest BCUT2D eigenvalue weighted by molar-refractivity contribution is 0.585. The van der Waals surface area contributed by atoms with Crippen molar-refractivity contribution in [2.45, 2.75) is 24.0 Å². The first-order valence-corrected chi connectivity index (χ1v) is 8.01. The molecule has 2 rings (SSSR count). The molecule has 1 aromatic carbocycles. The first-order chi connectivity index (χ1) is 8.84. The maximum atomic E-state index is 13.0. The number of rotatable bonds is 3. The van der Waals surface area contributed by atoms with Crippen LogP contribution in [0.4, 0.5) is 4.39 Å². The quantitative estimate of drug-likeness (QED) is 0.815. The Hall–Kier alpha value is -1.05. The van der Waals surface area contributed by atoms with Crippen molar-refractivity contribution in [1.29, 1.82) is 0 Å². The molecule has 0 aliphatic heterocycles. The molecule has 0 amide bonds. The zero-order valence-electron chi connectivity index (χ0n) is 10.1. The molecule has 19 heavy (non-hydrogen) atoms. The van der Waals surface area contributed by atoms with Gasteiger partial charge in [-0.3, -0.25) is 0 Å². The molecule has 8 heteroatoms. The van der Waals surface area contributed by atoms with Crippen molar-refractivity contribution >= 4 is 33.0 Å². The van der Waals surface area contributed by atoms with Crippen LogP contribution < -0.4 is 0 Å². The van der Waals surface area contributed by atoms with Crippen LogP contribution in [0.3, 0.4) is 0 Å². The first-order valence-electron chi connectivity index (χ1n) is 5.32. The largest absolute Gasteiger partial charge is 0.223 e. The van der Waals surface area contributed by atoms with Gasteiger partial charge in [0.05, 0.1) is 20.5 Å². The van der Waals surface area contributed by atoms with Crippen LogP contribution in [0.2, 0.25) is 5.02 Å². The van der Waals surface area contributed by atoms with E-state index in [4.69, 9.17) is 11.6 Å². The SMILES string of the molecule is Cc1nnsc1C(C)S(=O)(=O)c1ccc(F)cc1Cl. The van der Waals surface area contributed by atoms with Crippen molar-refractivity contribution in [3.63, 3.8) is 0 Å². The van der Waals surface area contributed by atoms with E-state index in [1.165, 1.54) is 13.0 Å². The summed E-state index contributed by atoms with van der Waals surface area (Å²) in [5, 5.41) is 2.85. The van der Waals surface area contributed by atoms with Crippen LogP contribution >= 0.6 is 23.1 Å². The number of nitrogens with zero attached hydrogens (tertiary/aromatic N) is 2. The molecular weight excluding hydrogens is 311 g/mol. The zero-order valence-corrected chi connectivity index (χ0v) is 12.5. The minimum atomic E-state index is -3.70. The second-order valence-electron chi connectivity index (χ2n) is 3.98. The monoisotopic (exact) mass is 320 g/mol. The summed E-state index contributed by atoms with van der Waals surface area (Å²) in [7, 11) is -3.70. The van der Waals surface area contributed by atoms with Gasteiger partial charge in [-0.05, 0) is 43.6 Å². The number of hydrogen-bond acceptors (Lipinski definition) is 5. The van der Waals surface area contributed by atoms with Gasteiger partial charge in [0.2, 0.25) is 0 Å². The lowest BCUT2D eigenvalue weighted by atomic mass is 10.3. The molecule has 1 unspecified atom stereocenters. The summed E-state index contributed by atoms with van der Waals surface area (Å²) in [4.78, 5) is 0.469. The van der Waals surface area contributed by atoms with Gasteiger partial charge < -0.3 is 0 Å². The van der Waals surface area contributed by atoms with E-state index in [0.717, 1.165) is 23.7 Å². The van der Waals surface area contributed by atoms with Crippen LogP contribution in [-0.2, 0) is 9.84 Å². The van der Waals surface area contributed by atoms with E-state index in [0.29, 0.717) is 10.6 Å². The Morgan fingerprint density at radius 1 is 1.42 bits per heavy atom. The van der Waals surface area contributed by atoms with Gasteiger partial charge in [0.1, 0.15) is 11.1 Å². The van der Waals surface area contributed by atoms with Crippen molar-refractivity contribution in [3.05, 3.63) is 39.6 Å². The number of sulfone groups is 1. The molecular formula is C11H10ClFN2O2S2. The van der Waals surface area contributed by atoms with Crippen molar-refractivity contribution in [1.82, 2.24) is 9.59 Å². The molecule has 1 atom stereocenters. The fraction of sp³-hybridized carbons (Fsp3) is 0.273. The summed E-state index contributed by atoms with van der Waals surface area (Å²) >= 11 is 6.84. The molecule has 0 bridgehead atoms. The molecule has 0 fully saturated rings. The average molecular weight is 321 g/mol. The van der Waals surface area contributed by atoms with Crippen LogP contribution in [0, 0.1) is 12.7 Å². The molecule has 1 aromatic heterocycles. The van der Waals surface area contributed by atoms with Gasteiger partial charge in [-0.2, -0.15) is 0 Å². The summed E-state index contributed by atoms with van der Waals surface area (Å²) in [6.45, 7) is 3.23. The van der Waals surface area contributed by atoms with Crippen molar-refractivity contribution < 1.29 is 12.8 Å². The molecule has 0 saturated heterocycles. The lowest BCUT2D eigenvalue weighted by Gasteiger charge is -2.12. The Kier molecular flexibility index (Phi) is 3.89. The highest BCUT2D eigenvalue weighted by molar-refractivity contribution is 7.92. The Bertz CT molecular complexity index is 715. The molecule has 2 aromatic rings. The van der Waals surface area contributed by atoms with Gasteiger partial charge in [0, 0.05) is 0 Å². The van der Waals surface area contributed by atoms with E-state index in [1.54, 1.807) is 6.92 Å². The molecule has 0 saturated carbocycles. The van der Waals surface area contributed by atoms with Crippen LogP contribution in [-0.4, -0.2) is 18.0 Å². The maximum Gasteiger partial charge on any atom is 0.187 e. The van der Waals surface area contributed by atoms with Crippen LogP contribution in [0.15, 0.2) is 23.1 Å². The first kappa shape index (κ1) is 14.4. The average Bonchev–Trinajstić information content (AvgIpc) is 2.73. The predicted molar refractivity (Wildman–Crippen MR) is 71.7 cm³/mol. The van der Waals surface area contributed by atoms with Gasteiger partial charge in [0.25, 0.3) is 0 Å². The molecule has 102 valence electrons. The topological polar surface area (TPSA) is 59.9 Å². The number of aryl methyl sites for hydroxylation is 1. The fourth-order valence-corrected chi connectivity index (χ4v) is 4.64. The van der Waals surface area contributed by atoms with E-state index in [9.17, 15) is 12.8 Å². The fourth-order valence-electron chi connectivity index (χ4n) is 1.65. The second kappa shape index (κ2) is 5.15. The molecule has 0 aliphatic carbocycles. The van der Waals surface area contributed by atoms with Gasteiger partial charge >= 0.3 is 0 Å². The standard InChI is InChI=1S/C11H10ClFN2O2S2/c1-6-11(18-15-14-6)7(2)19(16,17)10-4-3-8(13)5-9(10)12/h3-5,7H,1-2H3. The summed E-state index contributed by atoms with van der Waals surface area (Å²) in [5.74, 6) is -0.577. The van der Waals surface area contributed by atoms with Gasteiger partial charge in [-0.1, -0.05) is 16.1 Å². The second-order valence-corrected chi connectivity index (χ2v) is 7.41. The molecule has 0 aliphatic rings. The summed E-state index contributed by atoms with van der Waals surface area (Å²) < 4.78 is 41.6. The highest BCUT2D eigenvalue weighted by Crippen LogP contribution is 2.35. The molecule has 1 heterocycles. The van der Waals surface area contributed by atoms with Crippen LogP contribution in [0.25, 0.3) is 0 Å².